The number of piperidine rings is 1. The summed E-state index contributed by atoms with van der Waals surface area (Å²) in [4.78, 5) is 8.64. The number of methoxy groups -OCH3 is 2. The highest BCUT2D eigenvalue weighted by Crippen LogP contribution is 2.38. The van der Waals surface area contributed by atoms with Crippen molar-refractivity contribution >= 4 is 11.3 Å². The molecular formula is C24H28N2O3S. The van der Waals surface area contributed by atoms with Gasteiger partial charge in [0.2, 0.25) is 5.75 Å². The first-order chi connectivity index (χ1) is 14.7. The van der Waals surface area contributed by atoms with Gasteiger partial charge in [0.1, 0.15) is 11.1 Å². The van der Waals surface area contributed by atoms with Crippen molar-refractivity contribution in [3.8, 4) is 27.8 Å². The molecule has 4 rings (SSSR count). The van der Waals surface area contributed by atoms with Crippen LogP contribution in [0.2, 0.25) is 0 Å². The second kappa shape index (κ2) is 9.49. The Hall–Kier alpha value is -2.57. The van der Waals surface area contributed by atoms with Crippen LogP contribution in [0.15, 0.2) is 48.5 Å². The standard InChI is InChI=1S/C24H28N2O3S/c1-17-22(30-24(25-17)18-8-5-4-6-9-18)16-26-14-12-19(13-15-26)29-23-20(27-2)10-7-11-21(23)28-3/h4-11,19H,12-16H2,1-3H3. The number of benzene rings is 2. The lowest BCUT2D eigenvalue weighted by molar-refractivity contribution is 0.0921. The van der Waals surface area contributed by atoms with E-state index in [9.17, 15) is 0 Å². The van der Waals surface area contributed by atoms with Crippen molar-refractivity contribution in [2.45, 2.75) is 32.4 Å². The van der Waals surface area contributed by atoms with Crippen LogP contribution in [0.4, 0.5) is 0 Å². The molecule has 0 saturated carbocycles. The highest BCUT2D eigenvalue weighted by atomic mass is 32.1. The molecule has 1 fully saturated rings. The number of para-hydroxylation sites is 1. The highest BCUT2D eigenvalue weighted by Gasteiger charge is 2.24. The highest BCUT2D eigenvalue weighted by molar-refractivity contribution is 7.15. The van der Waals surface area contributed by atoms with Gasteiger partial charge in [0.05, 0.1) is 19.9 Å². The van der Waals surface area contributed by atoms with Gasteiger partial charge in [0, 0.05) is 30.1 Å². The largest absolute Gasteiger partial charge is 0.493 e. The molecule has 2 heterocycles. The first kappa shape index (κ1) is 20.7. The summed E-state index contributed by atoms with van der Waals surface area (Å²) in [6, 6.07) is 16.1. The Bertz CT molecular complexity index is 944. The average molecular weight is 425 g/mol. The number of nitrogens with zero attached hydrogens (tertiary/aromatic N) is 2. The predicted octanol–water partition coefficient (Wildman–Crippen LogP) is 5.18. The fraction of sp³-hybridized carbons (Fsp3) is 0.375. The van der Waals surface area contributed by atoms with Gasteiger partial charge in [-0.3, -0.25) is 4.90 Å². The molecule has 6 heteroatoms. The molecule has 0 atom stereocenters. The zero-order chi connectivity index (χ0) is 20.9. The molecule has 1 saturated heterocycles. The van der Waals surface area contributed by atoms with Gasteiger partial charge < -0.3 is 14.2 Å². The molecule has 0 spiro atoms. The summed E-state index contributed by atoms with van der Waals surface area (Å²) in [6.45, 7) is 5.06. The number of hydrogen-bond donors (Lipinski definition) is 0. The van der Waals surface area contributed by atoms with Crippen molar-refractivity contribution in [3.05, 3.63) is 59.1 Å². The van der Waals surface area contributed by atoms with Gasteiger partial charge >= 0.3 is 0 Å². The van der Waals surface area contributed by atoms with Crippen LogP contribution in [0, 0.1) is 6.92 Å². The molecule has 158 valence electrons. The molecule has 5 nitrogen and oxygen atoms in total. The smallest absolute Gasteiger partial charge is 0.203 e. The van der Waals surface area contributed by atoms with Gasteiger partial charge in [0.25, 0.3) is 0 Å². The molecule has 0 bridgehead atoms. The zero-order valence-electron chi connectivity index (χ0n) is 17.8. The second-order valence-electron chi connectivity index (χ2n) is 7.48. The number of aromatic nitrogens is 1. The van der Waals surface area contributed by atoms with Crippen molar-refractivity contribution < 1.29 is 14.2 Å². The summed E-state index contributed by atoms with van der Waals surface area (Å²) >= 11 is 1.80. The molecule has 0 amide bonds. The molecule has 2 aromatic carbocycles. The normalized spacial score (nSPS) is 15.2. The maximum absolute atomic E-state index is 6.30. The first-order valence-corrected chi connectivity index (χ1v) is 11.1. The van der Waals surface area contributed by atoms with Gasteiger partial charge in [-0.05, 0) is 31.9 Å². The number of thiazole rings is 1. The number of aryl methyl sites for hydroxylation is 1. The van der Waals surface area contributed by atoms with E-state index >= 15 is 0 Å². The topological polar surface area (TPSA) is 43.8 Å². The third-order valence-corrected chi connectivity index (χ3v) is 6.67. The van der Waals surface area contributed by atoms with Crippen LogP contribution >= 0.6 is 11.3 Å². The number of rotatable bonds is 7. The Balaban J connectivity index is 1.37. The monoisotopic (exact) mass is 424 g/mol. The third kappa shape index (κ3) is 4.60. The minimum atomic E-state index is 0.161. The van der Waals surface area contributed by atoms with Crippen LogP contribution in [-0.2, 0) is 6.54 Å². The van der Waals surface area contributed by atoms with Gasteiger partial charge in [0.15, 0.2) is 11.5 Å². The minimum absolute atomic E-state index is 0.161. The number of likely N-dealkylation sites (tertiary alicyclic amines) is 1. The Kier molecular flexibility index (Phi) is 6.55. The Morgan fingerprint density at radius 1 is 0.967 bits per heavy atom. The van der Waals surface area contributed by atoms with E-state index in [0.717, 1.165) is 43.2 Å². The van der Waals surface area contributed by atoms with Crippen LogP contribution in [0.25, 0.3) is 10.6 Å². The molecule has 0 N–H and O–H groups in total. The van der Waals surface area contributed by atoms with Crippen molar-refractivity contribution in [3.63, 3.8) is 0 Å². The quantitative estimate of drug-likeness (QED) is 0.523. The fourth-order valence-corrected chi connectivity index (χ4v) is 4.88. The van der Waals surface area contributed by atoms with E-state index < -0.39 is 0 Å². The van der Waals surface area contributed by atoms with Gasteiger partial charge in [-0.2, -0.15) is 0 Å². The Labute approximate surface area is 182 Å². The first-order valence-electron chi connectivity index (χ1n) is 10.3. The summed E-state index contributed by atoms with van der Waals surface area (Å²) in [5.41, 5.74) is 2.32. The predicted molar refractivity (Wildman–Crippen MR) is 121 cm³/mol. The fourth-order valence-electron chi connectivity index (χ4n) is 3.77. The maximum Gasteiger partial charge on any atom is 0.203 e. The lowest BCUT2D eigenvalue weighted by Crippen LogP contribution is -2.37. The van der Waals surface area contributed by atoms with E-state index in [-0.39, 0.29) is 6.10 Å². The summed E-state index contributed by atoms with van der Waals surface area (Å²) < 4.78 is 17.2. The van der Waals surface area contributed by atoms with E-state index in [1.54, 1.807) is 25.6 Å². The van der Waals surface area contributed by atoms with Gasteiger partial charge in [-0.1, -0.05) is 36.4 Å². The van der Waals surface area contributed by atoms with E-state index in [4.69, 9.17) is 19.2 Å². The second-order valence-corrected chi connectivity index (χ2v) is 8.56. The molecule has 1 aliphatic rings. The minimum Gasteiger partial charge on any atom is -0.493 e. The summed E-state index contributed by atoms with van der Waals surface area (Å²) in [6.07, 6.45) is 2.11. The Morgan fingerprint density at radius 3 is 2.27 bits per heavy atom. The SMILES string of the molecule is COc1cccc(OC)c1OC1CCN(Cc2sc(-c3ccccc3)nc2C)CC1. The van der Waals surface area contributed by atoms with Crippen LogP contribution in [0.1, 0.15) is 23.4 Å². The molecule has 0 aliphatic carbocycles. The van der Waals surface area contributed by atoms with Crippen LogP contribution in [0.3, 0.4) is 0 Å². The van der Waals surface area contributed by atoms with Crippen molar-refractivity contribution in [2.75, 3.05) is 27.3 Å². The molecule has 1 aliphatic heterocycles. The molecule has 0 unspecified atom stereocenters. The summed E-state index contributed by atoms with van der Waals surface area (Å²) in [7, 11) is 3.32. The molecule has 0 radical (unpaired) electrons. The van der Waals surface area contributed by atoms with Crippen LogP contribution < -0.4 is 14.2 Å². The lowest BCUT2D eigenvalue weighted by Gasteiger charge is -2.32. The van der Waals surface area contributed by atoms with E-state index in [2.05, 4.69) is 36.1 Å². The van der Waals surface area contributed by atoms with Gasteiger partial charge in [-0.15, -0.1) is 11.3 Å². The van der Waals surface area contributed by atoms with Gasteiger partial charge in [-0.25, -0.2) is 4.98 Å². The van der Waals surface area contributed by atoms with Crippen molar-refractivity contribution in [1.82, 2.24) is 9.88 Å². The zero-order valence-corrected chi connectivity index (χ0v) is 18.6. The molecule has 1 aromatic heterocycles. The average Bonchev–Trinajstić information content (AvgIpc) is 3.16. The van der Waals surface area contributed by atoms with E-state index in [1.807, 2.05) is 24.3 Å². The maximum atomic E-state index is 6.30. The molecule has 3 aromatic rings. The lowest BCUT2D eigenvalue weighted by atomic mass is 10.1. The number of hydrogen-bond acceptors (Lipinski definition) is 6. The van der Waals surface area contributed by atoms with Crippen LogP contribution in [-0.4, -0.2) is 43.3 Å². The van der Waals surface area contributed by atoms with Crippen molar-refractivity contribution in [2.24, 2.45) is 0 Å². The van der Waals surface area contributed by atoms with E-state index in [0.29, 0.717) is 17.2 Å². The summed E-state index contributed by atoms with van der Waals surface area (Å²) in [5, 5.41) is 1.10. The van der Waals surface area contributed by atoms with Crippen LogP contribution in [0.5, 0.6) is 17.2 Å². The Morgan fingerprint density at radius 2 is 1.63 bits per heavy atom. The van der Waals surface area contributed by atoms with Crippen molar-refractivity contribution in [1.29, 1.82) is 0 Å². The molecule has 30 heavy (non-hydrogen) atoms. The number of ether oxygens (including phenoxy) is 3. The summed E-state index contributed by atoms with van der Waals surface area (Å²) in [5.74, 6) is 2.13. The third-order valence-electron chi connectivity index (χ3n) is 5.48. The van der Waals surface area contributed by atoms with E-state index in [1.165, 1.54) is 10.4 Å². The molecular weight excluding hydrogens is 396 g/mol.